The Bertz CT molecular complexity index is 722. The van der Waals surface area contributed by atoms with Gasteiger partial charge < -0.3 is 15.1 Å². The highest BCUT2D eigenvalue weighted by atomic mass is 19.1. The van der Waals surface area contributed by atoms with Gasteiger partial charge in [-0.3, -0.25) is 4.79 Å². The molecule has 2 heterocycles. The average molecular weight is 373 g/mol. The van der Waals surface area contributed by atoms with E-state index in [1.54, 1.807) is 11.0 Å². The number of hydrogen-bond donors (Lipinski definition) is 1. The Hall–Kier alpha value is -2.37. The first-order valence-electron chi connectivity index (χ1n) is 9.75. The number of benzene rings is 1. The van der Waals surface area contributed by atoms with E-state index in [-0.39, 0.29) is 29.8 Å². The summed E-state index contributed by atoms with van der Waals surface area (Å²) in [4.78, 5) is 28.8. The number of piperidine rings is 1. The van der Waals surface area contributed by atoms with Crippen LogP contribution in [0.2, 0.25) is 0 Å². The van der Waals surface area contributed by atoms with Crippen LogP contribution in [0.5, 0.6) is 0 Å². The Labute approximate surface area is 160 Å². The number of likely N-dealkylation sites (tertiary alicyclic amines) is 2. The van der Waals surface area contributed by atoms with Gasteiger partial charge in [-0.1, -0.05) is 23.8 Å². The minimum atomic E-state index is -0.350. The summed E-state index contributed by atoms with van der Waals surface area (Å²) in [6.07, 6.45) is 5.18. The van der Waals surface area contributed by atoms with Gasteiger partial charge in [0.15, 0.2) is 0 Å². The molecule has 3 amide bonds. The van der Waals surface area contributed by atoms with Gasteiger partial charge in [0.2, 0.25) is 5.91 Å². The smallest absolute Gasteiger partial charge is 0.318 e. The fourth-order valence-corrected chi connectivity index (χ4v) is 3.80. The van der Waals surface area contributed by atoms with Crippen LogP contribution in [0.15, 0.2) is 29.8 Å². The molecule has 0 aromatic heterocycles. The van der Waals surface area contributed by atoms with Gasteiger partial charge in [-0.2, -0.15) is 0 Å². The SMILES string of the molecule is CC(C)NC(=O)N1CCC[C@H]1C(=O)N1CCC(=Cc2cccc(F)c2)CC1. The Morgan fingerprint density at radius 1 is 1.22 bits per heavy atom. The minimum absolute atomic E-state index is 0.0520. The zero-order valence-electron chi connectivity index (χ0n) is 16.1. The number of hydrogen-bond acceptors (Lipinski definition) is 2. The Balaban J connectivity index is 1.58. The van der Waals surface area contributed by atoms with E-state index in [2.05, 4.69) is 5.32 Å². The molecule has 0 saturated carbocycles. The van der Waals surface area contributed by atoms with E-state index in [0.717, 1.165) is 31.2 Å². The highest BCUT2D eigenvalue weighted by Crippen LogP contribution is 2.24. The van der Waals surface area contributed by atoms with Crippen molar-refractivity contribution >= 4 is 18.0 Å². The van der Waals surface area contributed by atoms with Gasteiger partial charge in [0, 0.05) is 25.7 Å². The molecule has 1 aromatic carbocycles. The molecule has 0 aliphatic carbocycles. The lowest BCUT2D eigenvalue weighted by molar-refractivity contribution is -0.135. The number of carbonyl (C=O) groups excluding carboxylic acids is 2. The third-order valence-electron chi connectivity index (χ3n) is 5.15. The van der Waals surface area contributed by atoms with E-state index in [0.29, 0.717) is 19.6 Å². The normalized spacial score (nSPS) is 20.1. The maximum Gasteiger partial charge on any atom is 0.318 e. The number of carbonyl (C=O) groups is 2. The lowest BCUT2D eigenvalue weighted by atomic mass is 10.00. The van der Waals surface area contributed by atoms with E-state index in [4.69, 9.17) is 0 Å². The first-order chi connectivity index (χ1) is 12.9. The summed E-state index contributed by atoms with van der Waals surface area (Å²) in [6, 6.07) is 6.11. The van der Waals surface area contributed by atoms with Crippen molar-refractivity contribution in [3.05, 3.63) is 41.2 Å². The lowest BCUT2D eigenvalue weighted by Crippen LogP contribution is -2.52. The van der Waals surface area contributed by atoms with Crippen molar-refractivity contribution in [2.75, 3.05) is 19.6 Å². The monoisotopic (exact) mass is 373 g/mol. The Morgan fingerprint density at radius 2 is 1.96 bits per heavy atom. The molecule has 5 nitrogen and oxygen atoms in total. The van der Waals surface area contributed by atoms with Crippen LogP contribution in [0.1, 0.15) is 45.1 Å². The van der Waals surface area contributed by atoms with Gasteiger partial charge in [0.1, 0.15) is 11.9 Å². The van der Waals surface area contributed by atoms with Crippen LogP contribution < -0.4 is 5.32 Å². The van der Waals surface area contributed by atoms with Gasteiger partial charge in [-0.25, -0.2) is 9.18 Å². The molecule has 0 radical (unpaired) electrons. The third-order valence-corrected chi connectivity index (χ3v) is 5.15. The van der Waals surface area contributed by atoms with E-state index in [9.17, 15) is 14.0 Å². The molecular weight excluding hydrogens is 345 g/mol. The molecule has 3 rings (SSSR count). The van der Waals surface area contributed by atoms with Crippen molar-refractivity contribution < 1.29 is 14.0 Å². The zero-order chi connectivity index (χ0) is 19.4. The van der Waals surface area contributed by atoms with Crippen LogP contribution in [-0.4, -0.2) is 53.5 Å². The van der Waals surface area contributed by atoms with Crippen LogP contribution in [-0.2, 0) is 4.79 Å². The van der Waals surface area contributed by atoms with Gasteiger partial charge in [0.05, 0.1) is 0 Å². The van der Waals surface area contributed by atoms with Crippen molar-refractivity contribution in [2.24, 2.45) is 0 Å². The molecule has 2 fully saturated rings. The number of nitrogens with one attached hydrogen (secondary N) is 1. The third kappa shape index (κ3) is 4.87. The first kappa shape index (κ1) is 19.4. The summed E-state index contributed by atoms with van der Waals surface area (Å²) >= 11 is 0. The van der Waals surface area contributed by atoms with Crippen LogP contribution in [0.4, 0.5) is 9.18 Å². The molecule has 27 heavy (non-hydrogen) atoms. The van der Waals surface area contributed by atoms with Crippen LogP contribution in [0, 0.1) is 5.82 Å². The van der Waals surface area contributed by atoms with Crippen molar-refractivity contribution in [1.82, 2.24) is 15.1 Å². The molecule has 1 aromatic rings. The summed E-state index contributed by atoms with van der Waals surface area (Å²) < 4.78 is 13.3. The van der Waals surface area contributed by atoms with E-state index in [1.807, 2.05) is 30.9 Å². The molecule has 2 aliphatic rings. The average Bonchev–Trinajstić information content (AvgIpc) is 3.11. The highest BCUT2D eigenvalue weighted by Gasteiger charge is 2.37. The predicted octanol–water partition coefficient (Wildman–Crippen LogP) is 3.41. The second-order valence-electron chi connectivity index (χ2n) is 7.64. The number of halogens is 1. The molecule has 146 valence electrons. The molecule has 0 bridgehead atoms. The fourth-order valence-electron chi connectivity index (χ4n) is 3.80. The van der Waals surface area contributed by atoms with Crippen LogP contribution >= 0.6 is 0 Å². The first-order valence-corrected chi connectivity index (χ1v) is 9.75. The number of rotatable bonds is 3. The lowest BCUT2D eigenvalue weighted by Gasteiger charge is -2.33. The van der Waals surface area contributed by atoms with Crippen molar-refractivity contribution in [3.8, 4) is 0 Å². The molecule has 2 saturated heterocycles. The molecule has 0 unspecified atom stereocenters. The molecule has 1 N–H and O–H groups in total. The highest BCUT2D eigenvalue weighted by molar-refractivity contribution is 5.88. The van der Waals surface area contributed by atoms with Gasteiger partial charge in [-0.05, 0) is 57.2 Å². The van der Waals surface area contributed by atoms with E-state index in [1.165, 1.54) is 17.7 Å². The standard InChI is InChI=1S/C21H28FN3O2/c1-15(2)23-21(27)25-10-4-7-19(25)20(26)24-11-8-16(9-12-24)13-17-5-3-6-18(22)14-17/h3,5-6,13-15,19H,4,7-12H2,1-2H3,(H,23,27)/t19-/m0/s1. The summed E-state index contributed by atoms with van der Waals surface area (Å²) in [6.45, 7) is 5.77. The Kier molecular flexibility index (Phi) is 6.14. The van der Waals surface area contributed by atoms with Crippen molar-refractivity contribution in [3.63, 3.8) is 0 Å². The molecule has 2 aliphatic heterocycles. The van der Waals surface area contributed by atoms with E-state index < -0.39 is 0 Å². The summed E-state index contributed by atoms with van der Waals surface area (Å²) in [5.41, 5.74) is 2.09. The van der Waals surface area contributed by atoms with Crippen molar-refractivity contribution in [1.29, 1.82) is 0 Å². The van der Waals surface area contributed by atoms with E-state index >= 15 is 0 Å². The summed E-state index contributed by atoms with van der Waals surface area (Å²) in [7, 11) is 0. The molecule has 6 heteroatoms. The van der Waals surface area contributed by atoms with Gasteiger partial charge in [-0.15, -0.1) is 0 Å². The van der Waals surface area contributed by atoms with Crippen LogP contribution in [0.25, 0.3) is 6.08 Å². The molecule has 0 spiro atoms. The van der Waals surface area contributed by atoms with Crippen molar-refractivity contribution in [2.45, 2.75) is 51.6 Å². The topological polar surface area (TPSA) is 52.7 Å². The second-order valence-corrected chi connectivity index (χ2v) is 7.64. The number of nitrogens with zero attached hydrogens (tertiary/aromatic N) is 2. The summed E-state index contributed by atoms with van der Waals surface area (Å²) in [5.74, 6) is -0.186. The predicted molar refractivity (Wildman–Crippen MR) is 104 cm³/mol. The molecular formula is C21H28FN3O2. The number of urea groups is 1. The van der Waals surface area contributed by atoms with Gasteiger partial charge in [0.25, 0.3) is 0 Å². The van der Waals surface area contributed by atoms with Crippen LogP contribution in [0.3, 0.4) is 0 Å². The minimum Gasteiger partial charge on any atom is -0.340 e. The quantitative estimate of drug-likeness (QED) is 0.883. The zero-order valence-corrected chi connectivity index (χ0v) is 16.1. The largest absolute Gasteiger partial charge is 0.340 e. The summed E-state index contributed by atoms with van der Waals surface area (Å²) in [5, 5.41) is 2.89. The maximum atomic E-state index is 13.3. The van der Waals surface area contributed by atoms with Gasteiger partial charge >= 0.3 is 6.03 Å². The maximum absolute atomic E-state index is 13.3. The number of amides is 3. The fraction of sp³-hybridized carbons (Fsp3) is 0.524. The Morgan fingerprint density at radius 3 is 2.63 bits per heavy atom. The molecule has 1 atom stereocenters. The second kappa shape index (κ2) is 8.55.